The smallest absolute Gasteiger partial charge is 0.229 e. The van der Waals surface area contributed by atoms with E-state index in [-0.39, 0.29) is 11.8 Å². The molecule has 0 bridgehead atoms. The Morgan fingerprint density at radius 1 is 1.23 bits per heavy atom. The molecule has 1 aliphatic heterocycles. The Morgan fingerprint density at radius 2 is 2.07 bits per heavy atom. The molecule has 1 saturated heterocycles. The number of nitrogens with one attached hydrogen (secondary N) is 1. The Labute approximate surface area is 183 Å². The average molecular weight is 471 g/mol. The number of methoxy groups -OCH3 is 1. The van der Waals surface area contributed by atoms with Crippen molar-refractivity contribution in [3.63, 3.8) is 0 Å². The lowest BCUT2D eigenvalue weighted by molar-refractivity contribution is -0.121. The molecule has 7 nitrogen and oxygen atoms in total. The van der Waals surface area contributed by atoms with Gasteiger partial charge in [-0.2, -0.15) is 0 Å². The zero-order valence-electron chi connectivity index (χ0n) is 16.7. The Kier molecular flexibility index (Phi) is 6.44. The normalized spacial score (nSPS) is 16.9. The second-order valence-corrected chi connectivity index (χ2v) is 8.19. The first kappa shape index (κ1) is 20.6. The van der Waals surface area contributed by atoms with Gasteiger partial charge in [-0.05, 0) is 71.7 Å². The Bertz CT molecular complexity index is 988. The molecule has 4 rings (SSSR count). The highest BCUT2D eigenvalue weighted by molar-refractivity contribution is 9.10. The van der Waals surface area contributed by atoms with Gasteiger partial charge in [0.1, 0.15) is 11.6 Å². The van der Waals surface area contributed by atoms with Crippen LogP contribution in [0.4, 0.5) is 5.82 Å². The summed E-state index contributed by atoms with van der Waals surface area (Å²) in [6, 6.07) is 11.3. The number of anilines is 1. The van der Waals surface area contributed by atoms with Crippen molar-refractivity contribution in [3.05, 3.63) is 59.2 Å². The quantitative estimate of drug-likeness (QED) is 0.576. The molecule has 1 unspecified atom stereocenters. The Hall–Kier alpha value is -2.71. The highest BCUT2D eigenvalue weighted by Crippen LogP contribution is 2.25. The molecule has 3 aromatic rings. The molecule has 3 heterocycles. The van der Waals surface area contributed by atoms with Gasteiger partial charge in [-0.3, -0.25) is 9.69 Å². The van der Waals surface area contributed by atoms with E-state index in [9.17, 15) is 4.79 Å². The second-order valence-electron chi connectivity index (χ2n) is 7.27. The van der Waals surface area contributed by atoms with E-state index in [1.165, 1.54) is 0 Å². The van der Waals surface area contributed by atoms with E-state index < -0.39 is 0 Å². The van der Waals surface area contributed by atoms with Crippen molar-refractivity contribution in [3.8, 4) is 17.1 Å². The van der Waals surface area contributed by atoms with Gasteiger partial charge in [-0.15, -0.1) is 0 Å². The van der Waals surface area contributed by atoms with Crippen LogP contribution in [0, 0.1) is 5.92 Å². The fourth-order valence-corrected chi connectivity index (χ4v) is 3.79. The predicted molar refractivity (Wildman–Crippen MR) is 117 cm³/mol. The first-order valence-corrected chi connectivity index (χ1v) is 10.6. The van der Waals surface area contributed by atoms with Gasteiger partial charge in [0, 0.05) is 22.8 Å². The van der Waals surface area contributed by atoms with Crippen LogP contribution in [-0.4, -0.2) is 41.0 Å². The van der Waals surface area contributed by atoms with Gasteiger partial charge in [0.25, 0.3) is 0 Å². The number of benzene rings is 1. The fourth-order valence-electron chi connectivity index (χ4n) is 3.55. The first-order valence-electron chi connectivity index (χ1n) is 9.84. The van der Waals surface area contributed by atoms with Crippen LogP contribution in [0.15, 0.2) is 57.7 Å². The molecule has 1 N–H and O–H groups in total. The number of likely N-dealkylation sites (tertiary alicyclic amines) is 1. The molecule has 1 aliphatic rings. The third kappa shape index (κ3) is 5.06. The summed E-state index contributed by atoms with van der Waals surface area (Å²) in [5.41, 5.74) is 0.951. The fraction of sp³-hybridized carbons (Fsp3) is 0.318. The third-order valence-electron chi connectivity index (χ3n) is 5.14. The molecule has 1 amide bonds. The number of pyridine rings is 1. The zero-order chi connectivity index (χ0) is 20.9. The molecular formula is C22H23BrN4O3. The molecule has 0 aliphatic carbocycles. The van der Waals surface area contributed by atoms with Crippen molar-refractivity contribution in [2.24, 2.45) is 5.92 Å². The molecule has 156 valence electrons. The number of ether oxygens (including phenoxy) is 1. The van der Waals surface area contributed by atoms with Crippen LogP contribution in [0.25, 0.3) is 11.3 Å². The summed E-state index contributed by atoms with van der Waals surface area (Å²) in [6.45, 7) is 2.17. The number of carbonyl (C=O) groups is 1. The lowest BCUT2D eigenvalue weighted by Gasteiger charge is -2.30. The number of oxazole rings is 1. The van der Waals surface area contributed by atoms with Gasteiger partial charge >= 0.3 is 0 Å². The van der Waals surface area contributed by atoms with E-state index in [0.717, 1.165) is 40.9 Å². The first-order chi connectivity index (χ1) is 14.6. The van der Waals surface area contributed by atoms with Crippen molar-refractivity contribution in [2.75, 3.05) is 25.5 Å². The number of halogens is 1. The monoisotopic (exact) mass is 470 g/mol. The molecule has 0 radical (unpaired) electrons. The average Bonchev–Trinajstić information content (AvgIpc) is 3.24. The highest BCUT2D eigenvalue weighted by atomic mass is 79.9. The van der Waals surface area contributed by atoms with E-state index in [0.29, 0.717) is 24.8 Å². The number of carbonyl (C=O) groups excluding carboxylic acids is 1. The Balaban J connectivity index is 1.35. The van der Waals surface area contributed by atoms with Gasteiger partial charge in [-0.1, -0.05) is 0 Å². The maximum Gasteiger partial charge on any atom is 0.229 e. The number of hydrogen-bond acceptors (Lipinski definition) is 6. The minimum atomic E-state index is -0.0831. The highest BCUT2D eigenvalue weighted by Gasteiger charge is 2.27. The zero-order valence-corrected chi connectivity index (χ0v) is 18.3. The number of hydrogen-bond donors (Lipinski definition) is 1. The largest absolute Gasteiger partial charge is 0.497 e. The molecule has 2 aromatic heterocycles. The summed E-state index contributed by atoms with van der Waals surface area (Å²) in [5.74, 6) is 2.66. The number of aromatic nitrogens is 2. The SMILES string of the molecule is COc1ccc(-c2cnc(CN3CCCC(C(=O)Nc4ccc(Br)cn4)C3)o2)cc1. The minimum absolute atomic E-state index is 0.000786. The van der Waals surface area contributed by atoms with E-state index >= 15 is 0 Å². The molecule has 1 atom stereocenters. The number of piperidine rings is 1. The summed E-state index contributed by atoms with van der Waals surface area (Å²) in [6.07, 6.45) is 5.23. The van der Waals surface area contributed by atoms with Gasteiger partial charge in [-0.25, -0.2) is 9.97 Å². The van der Waals surface area contributed by atoms with Gasteiger partial charge in [0.05, 0.1) is 25.8 Å². The Morgan fingerprint density at radius 3 is 2.80 bits per heavy atom. The van der Waals surface area contributed by atoms with E-state index in [1.807, 2.05) is 30.3 Å². The molecule has 0 saturated carbocycles. The van der Waals surface area contributed by atoms with Crippen molar-refractivity contribution in [1.29, 1.82) is 0 Å². The van der Waals surface area contributed by atoms with E-state index in [4.69, 9.17) is 9.15 Å². The van der Waals surface area contributed by atoms with Crippen LogP contribution >= 0.6 is 15.9 Å². The summed E-state index contributed by atoms with van der Waals surface area (Å²) in [4.78, 5) is 23.5. The summed E-state index contributed by atoms with van der Waals surface area (Å²) in [7, 11) is 1.64. The lowest BCUT2D eigenvalue weighted by atomic mass is 9.97. The number of nitrogens with zero attached hydrogens (tertiary/aromatic N) is 3. The standard InChI is InChI=1S/C22H23BrN4O3/c1-29-18-7-4-15(5-8-18)19-12-25-21(30-19)14-27-10-2-3-16(13-27)22(28)26-20-9-6-17(23)11-24-20/h4-9,11-12,16H,2-3,10,13-14H2,1H3,(H,24,26,28). The third-order valence-corrected chi connectivity index (χ3v) is 5.61. The summed E-state index contributed by atoms with van der Waals surface area (Å²) in [5, 5.41) is 2.91. The van der Waals surface area contributed by atoms with Crippen molar-refractivity contribution in [1.82, 2.24) is 14.9 Å². The minimum Gasteiger partial charge on any atom is -0.497 e. The van der Waals surface area contributed by atoms with Crippen molar-refractivity contribution < 1.29 is 13.9 Å². The second kappa shape index (κ2) is 9.40. The maximum atomic E-state index is 12.7. The lowest BCUT2D eigenvalue weighted by Crippen LogP contribution is -2.40. The van der Waals surface area contributed by atoms with Crippen LogP contribution in [0.5, 0.6) is 5.75 Å². The van der Waals surface area contributed by atoms with Crippen LogP contribution < -0.4 is 10.1 Å². The van der Waals surface area contributed by atoms with Crippen LogP contribution in [0.2, 0.25) is 0 Å². The molecule has 8 heteroatoms. The molecular weight excluding hydrogens is 448 g/mol. The molecule has 1 aromatic carbocycles. The topological polar surface area (TPSA) is 80.5 Å². The predicted octanol–water partition coefficient (Wildman–Crippen LogP) is 4.36. The van der Waals surface area contributed by atoms with Gasteiger partial charge in [0.15, 0.2) is 5.76 Å². The molecule has 0 spiro atoms. The van der Waals surface area contributed by atoms with Gasteiger partial charge < -0.3 is 14.5 Å². The number of amides is 1. The van der Waals surface area contributed by atoms with Gasteiger partial charge in [0.2, 0.25) is 11.8 Å². The molecule has 1 fully saturated rings. The van der Waals surface area contributed by atoms with Crippen LogP contribution in [0.3, 0.4) is 0 Å². The van der Waals surface area contributed by atoms with Crippen molar-refractivity contribution >= 4 is 27.7 Å². The summed E-state index contributed by atoms with van der Waals surface area (Å²) >= 11 is 3.35. The van der Waals surface area contributed by atoms with E-state index in [1.54, 1.807) is 25.6 Å². The molecule has 30 heavy (non-hydrogen) atoms. The van der Waals surface area contributed by atoms with Crippen LogP contribution in [-0.2, 0) is 11.3 Å². The summed E-state index contributed by atoms with van der Waals surface area (Å²) < 4.78 is 12.0. The van der Waals surface area contributed by atoms with Crippen molar-refractivity contribution in [2.45, 2.75) is 19.4 Å². The number of rotatable bonds is 6. The maximum absolute atomic E-state index is 12.7. The van der Waals surface area contributed by atoms with Crippen LogP contribution in [0.1, 0.15) is 18.7 Å². The van der Waals surface area contributed by atoms with E-state index in [2.05, 4.69) is 36.1 Å².